The van der Waals surface area contributed by atoms with Crippen LogP contribution >= 0.6 is 23.2 Å². The molecule has 0 saturated heterocycles. The molecule has 19 heavy (non-hydrogen) atoms. The van der Waals surface area contributed by atoms with Crippen molar-refractivity contribution in [1.82, 2.24) is 5.32 Å². The topological polar surface area (TPSA) is 41.1 Å². The van der Waals surface area contributed by atoms with Crippen molar-refractivity contribution >= 4 is 34.8 Å². The molecule has 0 saturated carbocycles. The summed E-state index contributed by atoms with van der Waals surface area (Å²) < 4.78 is 0. The molecule has 0 aliphatic carbocycles. The predicted molar refractivity (Wildman–Crippen MR) is 82.0 cm³/mol. The summed E-state index contributed by atoms with van der Waals surface area (Å²) in [6.07, 6.45) is 1.08. The summed E-state index contributed by atoms with van der Waals surface area (Å²) in [7, 11) is 0. The first kappa shape index (κ1) is 16.3. The first-order chi connectivity index (χ1) is 8.95. The van der Waals surface area contributed by atoms with Gasteiger partial charge in [0, 0.05) is 6.04 Å². The molecule has 0 aliphatic rings. The molecule has 1 rings (SSSR count). The SMILES string of the molecule is CCC(C)C(C)NCC(=O)Nc1c(Cl)cccc1Cl. The molecule has 2 unspecified atom stereocenters. The molecule has 0 aromatic heterocycles. The van der Waals surface area contributed by atoms with Gasteiger partial charge in [-0.05, 0) is 25.0 Å². The lowest BCUT2D eigenvalue weighted by atomic mass is 10.0. The lowest BCUT2D eigenvalue weighted by Gasteiger charge is -2.19. The standard InChI is InChI=1S/C14H20Cl2N2O/c1-4-9(2)10(3)17-8-13(19)18-14-11(15)6-5-7-12(14)16/h5-7,9-10,17H,4,8H2,1-3H3,(H,18,19). The van der Waals surface area contributed by atoms with Crippen molar-refractivity contribution in [2.45, 2.75) is 33.2 Å². The van der Waals surface area contributed by atoms with E-state index in [1.54, 1.807) is 18.2 Å². The van der Waals surface area contributed by atoms with E-state index in [0.717, 1.165) is 6.42 Å². The summed E-state index contributed by atoms with van der Waals surface area (Å²) in [6.45, 7) is 6.60. The Hall–Kier alpha value is -0.770. The first-order valence-electron chi connectivity index (χ1n) is 6.43. The van der Waals surface area contributed by atoms with Crippen molar-refractivity contribution in [3.05, 3.63) is 28.2 Å². The monoisotopic (exact) mass is 302 g/mol. The van der Waals surface area contributed by atoms with Crippen molar-refractivity contribution in [2.75, 3.05) is 11.9 Å². The van der Waals surface area contributed by atoms with E-state index >= 15 is 0 Å². The predicted octanol–water partition coefficient (Wildman–Crippen LogP) is 3.96. The van der Waals surface area contributed by atoms with E-state index in [0.29, 0.717) is 21.7 Å². The van der Waals surface area contributed by atoms with Crippen LogP contribution < -0.4 is 10.6 Å². The van der Waals surface area contributed by atoms with E-state index < -0.39 is 0 Å². The zero-order valence-electron chi connectivity index (χ0n) is 11.5. The highest BCUT2D eigenvalue weighted by Gasteiger charge is 2.13. The number of anilines is 1. The molecule has 106 valence electrons. The number of hydrogen-bond acceptors (Lipinski definition) is 2. The summed E-state index contributed by atoms with van der Waals surface area (Å²) in [5, 5.41) is 6.80. The van der Waals surface area contributed by atoms with Crippen molar-refractivity contribution in [1.29, 1.82) is 0 Å². The maximum Gasteiger partial charge on any atom is 0.238 e. The highest BCUT2D eigenvalue weighted by molar-refractivity contribution is 6.39. The van der Waals surface area contributed by atoms with Crippen LogP contribution in [0.5, 0.6) is 0 Å². The summed E-state index contributed by atoms with van der Waals surface area (Å²) in [4.78, 5) is 11.8. The number of halogens is 2. The number of nitrogens with one attached hydrogen (secondary N) is 2. The van der Waals surface area contributed by atoms with Gasteiger partial charge >= 0.3 is 0 Å². The third-order valence-electron chi connectivity index (χ3n) is 3.31. The number of para-hydroxylation sites is 1. The summed E-state index contributed by atoms with van der Waals surface area (Å²) >= 11 is 12.0. The molecular formula is C14H20Cl2N2O. The zero-order valence-corrected chi connectivity index (χ0v) is 13.0. The van der Waals surface area contributed by atoms with Crippen LogP contribution in [-0.4, -0.2) is 18.5 Å². The van der Waals surface area contributed by atoms with Crippen LogP contribution in [0.15, 0.2) is 18.2 Å². The van der Waals surface area contributed by atoms with Crippen LogP contribution in [0.2, 0.25) is 10.0 Å². The Morgan fingerprint density at radius 2 is 1.84 bits per heavy atom. The lowest BCUT2D eigenvalue weighted by molar-refractivity contribution is -0.115. The minimum absolute atomic E-state index is 0.148. The van der Waals surface area contributed by atoms with Crippen LogP contribution in [0.1, 0.15) is 27.2 Å². The van der Waals surface area contributed by atoms with Gasteiger partial charge in [0.15, 0.2) is 0 Å². The minimum Gasteiger partial charge on any atom is -0.322 e. The summed E-state index contributed by atoms with van der Waals surface area (Å²) in [6, 6.07) is 5.41. The fraction of sp³-hybridized carbons (Fsp3) is 0.500. The molecule has 1 aromatic carbocycles. The van der Waals surface area contributed by atoms with Crippen molar-refractivity contribution in [3.8, 4) is 0 Å². The van der Waals surface area contributed by atoms with E-state index in [9.17, 15) is 4.79 Å². The largest absolute Gasteiger partial charge is 0.322 e. The van der Waals surface area contributed by atoms with Gasteiger partial charge in [0.05, 0.1) is 22.3 Å². The van der Waals surface area contributed by atoms with Crippen LogP contribution in [0, 0.1) is 5.92 Å². The van der Waals surface area contributed by atoms with Gasteiger partial charge in [-0.3, -0.25) is 4.79 Å². The number of rotatable bonds is 6. The van der Waals surface area contributed by atoms with Crippen LogP contribution in [0.4, 0.5) is 5.69 Å². The molecule has 0 radical (unpaired) electrons. The fourth-order valence-electron chi connectivity index (χ4n) is 1.61. The average molecular weight is 303 g/mol. The third kappa shape index (κ3) is 5.01. The molecule has 3 nitrogen and oxygen atoms in total. The normalized spacial score (nSPS) is 13.9. The number of amides is 1. The molecule has 1 aromatic rings. The summed E-state index contributed by atoms with van der Waals surface area (Å²) in [5.41, 5.74) is 0.467. The van der Waals surface area contributed by atoms with Crippen LogP contribution in [0.3, 0.4) is 0 Å². The Morgan fingerprint density at radius 3 is 2.37 bits per heavy atom. The quantitative estimate of drug-likeness (QED) is 0.835. The van der Waals surface area contributed by atoms with Gasteiger partial charge in [0.25, 0.3) is 0 Å². The Morgan fingerprint density at radius 1 is 1.26 bits per heavy atom. The van der Waals surface area contributed by atoms with Gasteiger partial charge in [-0.25, -0.2) is 0 Å². The van der Waals surface area contributed by atoms with Crippen LogP contribution in [0.25, 0.3) is 0 Å². The number of carbonyl (C=O) groups excluding carboxylic acids is 1. The van der Waals surface area contributed by atoms with Gasteiger partial charge in [-0.2, -0.15) is 0 Å². The van der Waals surface area contributed by atoms with E-state index in [-0.39, 0.29) is 18.5 Å². The molecule has 0 spiro atoms. The first-order valence-corrected chi connectivity index (χ1v) is 7.18. The van der Waals surface area contributed by atoms with Gasteiger partial charge < -0.3 is 10.6 Å². The zero-order chi connectivity index (χ0) is 14.4. The van der Waals surface area contributed by atoms with Crippen molar-refractivity contribution < 1.29 is 4.79 Å². The van der Waals surface area contributed by atoms with E-state index in [1.807, 2.05) is 0 Å². The molecular weight excluding hydrogens is 283 g/mol. The highest BCUT2D eigenvalue weighted by atomic mass is 35.5. The Bertz CT molecular complexity index is 417. The Balaban J connectivity index is 2.52. The fourth-order valence-corrected chi connectivity index (χ4v) is 2.10. The summed E-state index contributed by atoms with van der Waals surface area (Å²) in [5.74, 6) is 0.377. The second-order valence-corrected chi connectivity index (χ2v) is 5.51. The minimum atomic E-state index is -0.148. The van der Waals surface area contributed by atoms with E-state index in [2.05, 4.69) is 31.4 Å². The number of carbonyl (C=O) groups is 1. The molecule has 0 heterocycles. The average Bonchev–Trinajstić information content (AvgIpc) is 2.39. The molecule has 2 N–H and O–H groups in total. The second-order valence-electron chi connectivity index (χ2n) is 4.70. The van der Waals surface area contributed by atoms with Crippen LogP contribution in [-0.2, 0) is 4.79 Å². The maximum atomic E-state index is 11.8. The highest BCUT2D eigenvalue weighted by Crippen LogP contribution is 2.29. The molecule has 0 aliphatic heterocycles. The van der Waals surface area contributed by atoms with E-state index in [1.165, 1.54) is 0 Å². The van der Waals surface area contributed by atoms with Crippen molar-refractivity contribution in [2.24, 2.45) is 5.92 Å². The van der Waals surface area contributed by atoms with Gasteiger partial charge in [0.2, 0.25) is 5.91 Å². The van der Waals surface area contributed by atoms with Gasteiger partial charge in [-0.15, -0.1) is 0 Å². The molecule has 0 bridgehead atoms. The molecule has 0 fully saturated rings. The Kier molecular flexibility index (Phi) is 6.63. The lowest BCUT2D eigenvalue weighted by Crippen LogP contribution is -2.37. The molecule has 5 heteroatoms. The van der Waals surface area contributed by atoms with Gasteiger partial charge in [-0.1, -0.05) is 49.5 Å². The second kappa shape index (κ2) is 7.73. The smallest absolute Gasteiger partial charge is 0.238 e. The number of hydrogen-bond donors (Lipinski definition) is 2. The third-order valence-corrected chi connectivity index (χ3v) is 3.94. The Labute approximate surface area is 124 Å². The maximum absolute atomic E-state index is 11.8. The molecule has 1 amide bonds. The number of benzene rings is 1. The van der Waals surface area contributed by atoms with E-state index in [4.69, 9.17) is 23.2 Å². The molecule has 2 atom stereocenters. The van der Waals surface area contributed by atoms with Crippen molar-refractivity contribution in [3.63, 3.8) is 0 Å². The van der Waals surface area contributed by atoms with Gasteiger partial charge in [0.1, 0.15) is 0 Å².